The van der Waals surface area contributed by atoms with Crippen molar-refractivity contribution in [1.82, 2.24) is 4.90 Å². The first kappa shape index (κ1) is 11.9. The average Bonchev–Trinajstić information content (AvgIpc) is 2.11. The Bertz CT molecular complexity index is 130. The first-order valence-corrected chi connectivity index (χ1v) is 5.21. The van der Waals surface area contributed by atoms with Gasteiger partial charge in [-0.05, 0) is 0 Å². The highest BCUT2D eigenvalue weighted by atomic mass is 79.9. The number of alkyl halides is 1. The molecule has 3 nitrogen and oxygen atoms in total. The molecule has 0 heterocycles. The van der Waals surface area contributed by atoms with E-state index in [0.29, 0.717) is 19.6 Å². The Morgan fingerprint density at radius 2 is 2.17 bits per heavy atom. The summed E-state index contributed by atoms with van der Waals surface area (Å²) >= 11 is 3.30. The lowest BCUT2D eigenvalue weighted by molar-refractivity contribution is -0.131. The van der Waals surface area contributed by atoms with E-state index in [1.165, 1.54) is 0 Å². The van der Waals surface area contributed by atoms with Crippen LogP contribution in [0.5, 0.6) is 0 Å². The third kappa shape index (κ3) is 4.72. The summed E-state index contributed by atoms with van der Waals surface area (Å²) < 4.78 is 4.90. The molecule has 4 heteroatoms. The van der Waals surface area contributed by atoms with Crippen LogP contribution in [0.4, 0.5) is 0 Å². The molecule has 0 aliphatic rings. The van der Waals surface area contributed by atoms with Gasteiger partial charge in [0.2, 0.25) is 5.91 Å². The largest absolute Gasteiger partial charge is 0.383 e. The molecule has 0 aliphatic heterocycles. The van der Waals surface area contributed by atoms with Crippen molar-refractivity contribution in [1.29, 1.82) is 0 Å². The van der Waals surface area contributed by atoms with E-state index in [-0.39, 0.29) is 5.91 Å². The molecule has 0 radical (unpaired) electrons. The molecule has 0 aliphatic carbocycles. The van der Waals surface area contributed by atoms with Gasteiger partial charge >= 0.3 is 0 Å². The molecular weight excluding hydrogens is 222 g/mol. The van der Waals surface area contributed by atoms with Crippen molar-refractivity contribution in [3.8, 4) is 0 Å². The van der Waals surface area contributed by atoms with Crippen LogP contribution in [0.25, 0.3) is 0 Å². The molecule has 0 unspecified atom stereocenters. The highest BCUT2D eigenvalue weighted by Gasteiger charge is 2.08. The molecule has 1 amide bonds. The van der Waals surface area contributed by atoms with E-state index in [9.17, 15) is 4.79 Å². The van der Waals surface area contributed by atoms with Gasteiger partial charge in [0.25, 0.3) is 0 Å². The Morgan fingerprint density at radius 3 is 2.58 bits per heavy atom. The number of ether oxygens (including phenoxy) is 1. The standard InChI is InChI=1S/C8H16BrNO2/c1-3-8(11)10(5-4-9)6-7-12-2/h3-7H2,1-2H3. The second-order valence-electron chi connectivity index (χ2n) is 2.42. The van der Waals surface area contributed by atoms with Gasteiger partial charge in [-0.2, -0.15) is 0 Å². The fourth-order valence-electron chi connectivity index (χ4n) is 0.888. The molecule has 0 saturated carbocycles. The molecule has 0 bridgehead atoms. The van der Waals surface area contributed by atoms with Crippen LogP contribution in [0.3, 0.4) is 0 Å². The van der Waals surface area contributed by atoms with Crippen LogP contribution < -0.4 is 0 Å². The number of amides is 1. The van der Waals surface area contributed by atoms with Gasteiger partial charge in [0.1, 0.15) is 0 Å². The first-order valence-electron chi connectivity index (χ1n) is 4.09. The van der Waals surface area contributed by atoms with Crippen LogP contribution >= 0.6 is 15.9 Å². The molecule has 0 rings (SSSR count). The Labute approximate surface area is 82.2 Å². The summed E-state index contributed by atoms with van der Waals surface area (Å²) in [7, 11) is 1.64. The zero-order valence-electron chi connectivity index (χ0n) is 7.68. The third-order valence-electron chi connectivity index (χ3n) is 1.57. The maximum atomic E-state index is 11.3. The van der Waals surface area contributed by atoms with Crippen LogP contribution in [0.15, 0.2) is 0 Å². The molecule has 0 fully saturated rings. The number of hydrogen-bond donors (Lipinski definition) is 0. The highest BCUT2D eigenvalue weighted by molar-refractivity contribution is 9.09. The molecule has 72 valence electrons. The van der Waals surface area contributed by atoms with Gasteiger partial charge in [0.05, 0.1) is 6.61 Å². The molecule has 0 aromatic carbocycles. The lowest BCUT2D eigenvalue weighted by atomic mass is 10.4. The summed E-state index contributed by atoms with van der Waals surface area (Å²) in [5.41, 5.74) is 0. The Morgan fingerprint density at radius 1 is 1.50 bits per heavy atom. The Balaban J connectivity index is 3.76. The summed E-state index contributed by atoms with van der Waals surface area (Å²) in [5, 5.41) is 0.822. The van der Waals surface area contributed by atoms with Gasteiger partial charge in [-0.1, -0.05) is 22.9 Å². The van der Waals surface area contributed by atoms with Crippen LogP contribution in [0.2, 0.25) is 0 Å². The van der Waals surface area contributed by atoms with Crippen molar-refractivity contribution in [2.75, 3.05) is 32.1 Å². The number of halogens is 1. The van der Waals surface area contributed by atoms with Gasteiger partial charge in [-0.15, -0.1) is 0 Å². The van der Waals surface area contributed by atoms with Crippen molar-refractivity contribution >= 4 is 21.8 Å². The normalized spacial score (nSPS) is 9.92. The van der Waals surface area contributed by atoms with E-state index in [4.69, 9.17) is 4.74 Å². The summed E-state index contributed by atoms with van der Waals surface area (Å²) in [4.78, 5) is 13.1. The van der Waals surface area contributed by atoms with E-state index in [1.54, 1.807) is 12.0 Å². The van der Waals surface area contributed by atoms with Gasteiger partial charge in [-0.25, -0.2) is 0 Å². The fraction of sp³-hybridized carbons (Fsp3) is 0.875. The topological polar surface area (TPSA) is 29.5 Å². The van der Waals surface area contributed by atoms with Crippen LogP contribution in [0, 0.1) is 0 Å². The van der Waals surface area contributed by atoms with Crippen molar-refractivity contribution in [3.63, 3.8) is 0 Å². The molecular formula is C8H16BrNO2. The Hall–Kier alpha value is -0.0900. The number of carbonyl (C=O) groups excluding carboxylic acids is 1. The number of methoxy groups -OCH3 is 1. The molecule has 0 N–H and O–H groups in total. The molecule has 0 atom stereocenters. The second kappa shape index (κ2) is 7.55. The summed E-state index contributed by atoms with van der Waals surface area (Å²) in [6.07, 6.45) is 0.566. The predicted octanol–water partition coefficient (Wildman–Crippen LogP) is 1.27. The molecule has 12 heavy (non-hydrogen) atoms. The monoisotopic (exact) mass is 237 g/mol. The van der Waals surface area contributed by atoms with Crippen molar-refractivity contribution in [2.45, 2.75) is 13.3 Å². The van der Waals surface area contributed by atoms with E-state index < -0.39 is 0 Å². The lowest BCUT2D eigenvalue weighted by Crippen LogP contribution is -2.34. The van der Waals surface area contributed by atoms with E-state index in [0.717, 1.165) is 11.9 Å². The number of rotatable bonds is 6. The van der Waals surface area contributed by atoms with Crippen molar-refractivity contribution in [3.05, 3.63) is 0 Å². The highest BCUT2D eigenvalue weighted by Crippen LogP contribution is 1.95. The van der Waals surface area contributed by atoms with Crippen LogP contribution in [-0.4, -0.2) is 42.9 Å². The van der Waals surface area contributed by atoms with Crippen LogP contribution in [-0.2, 0) is 9.53 Å². The van der Waals surface area contributed by atoms with Gasteiger partial charge in [0.15, 0.2) is 0 Å². The molecule has 0 spiro atoms. The minimum absolute atomic E-state index is 0.187. The number of hydrogen-bond acceptors (Lipinski definition) is 2. The molecule has 0 aromatic heterocycles. The summed E-state index contributed by atoms with van der Waals surface area (Å²) in [5.74, 6) is 0.187. The van der Waals surface area contributed by atoms with E-state index in [1.807, 2.05) is 6.92 Å². The zero-order chi connectivity index (χ0) is 9.40. The number of nitrogens with zero attached hydrogens (tertiary/aromatic N) is 1. The smallest absolute Gasteiger partial charge is 0.222 e. The van der Waals surface area contributed by atoms with Gasteiger partial charge in [-0.3, -0.25) is 4.79 Å². The first-order chi connectivity index (χ1) is 5.76. The zero-order valence-corrected chi connectivity index (χ0v) is 9.26. The fourth-order valence-corrected chi connectivity index (χ4v) is 1.32. The predicted molar refractivity (Wildman–Crippen MR) is 52.5 cm³/mol. The van der Waals surface area contributed by atoms with Crippen LogP contribution in [0.1, 0.15) is 13.3 Å². The third-order valence-corrected chi connectivity index (χ3v) is 1.93. The molecule has 0 saturated heterocycles. The SMILES string of the molecule is CCC(=O)N(CCBr)CCOC. The Kier molecular flexibility index (Phi) is 7.50. The maximum absolute atomic E-state index is 11.3. The minimum atomic E-state index is 0.187. The minimum Gasteiger partial charge on any atom is -0.383 e. The van der Waals surface area contributed by atoms with E-state index >= 15 is 0 Å². The number of carbonyl (C=O) groups is 1. The lowest BCUT2D eigenvalue weighted by Gasteiger charge is -2.20. The molecule has 0 aromatic rings. The van der Waals surface area contributed by atoms with Gasteiger partial charge < -0.3 is 9.64 Å². The average molecular weight is 238 g/mol. The van der Waals surface area contributed by atoms with E-state index in [2.05, 4.69) is 15.9 Å². The van der Waals surface area contributed by atoms with Crippen molar-refractivity contribution in [2.24, 2.45) is 0 Å². The maximum Gasteiger partial charge on any atom is 0.222 e. The second-order valence-corrected chi connectivity index (χ2v) is 3.21. The van der Waals surface area contributed by atoms with Gasteiger partial charge in [0, 0.05) is 32.0 Å². The summed E-state index contributed by atoms with van der Waals surface area (Å²) in [6, 6.07) is 0. The van der Waals surface area contributed by atoms with Crippen molar-refractivity contribution < 1.29 is 9.53 Å². The summed E-state index contributed by atoms with van der Waals surface area (Å²) in [6.45, 7) is 3.93. The quantitative estimate of drug-likeness (QED) is 0.652.